The van der Waals surface area contributed by atoms with Gasteiger partial charge in [0, 0.05) is 12.1 Å². The van der Waals surface area contributed by atoms with Gasteiger partial charge in [-0.2, -0.15) is 10.2 Å². The molecule has 1 aliphatic heterocycles. The predicted molar refractivity (Wildman–Crippen MR) is 95.9 cm³/mol. The zero-order valence-corrected chi connectivity index (χ0v) is 14.2. The molecule has 1 aromatic carbocycles. The molecule has 1 amide bonds. The number of carbonyl (C=O) groups excluding carboxylic acids is 1. The Morgan fingerprint density at radius 1 is 1.23 bits per heavy atom. The topological polar surface area (TPSA) is 124 Å². The lowest BCUT2D eigenvalue weighted by Crippen LogP contribution is -2.31. The van der Waals surface area contributed by atoms with E-state index in [-0.39, 0.29) is 29.0 Å². The summed E-state index contributed by atoms with van der Waals surface area (Å²) in [6.45, 7) is 0.286. The molecule has 0 atom stereocenters. The largest absolute Gasteiger partial charge is 0.382 e. The van der Waals surface area contributed by atoms with Gasteiger partial charge in [0.25, 0.3) is 5.91 Å². The maximum Gasteiger partial charge on any atom is 0.274 e. The number of hydrogen-bond donors (Lipinski definition) is 2. The molecular formula is C16H13ClN8O. The highest BCUT2D eigenvalue weighted by Crippen LogP contribution is 2.25. The Balaban J connectivity index is 1.48. The van der Waals surface area contributed by atoms with Gasteiger partial charge in [0.15, 0.2) is 16.7 Å². The fraction of sp³-hybridized carbons (Fsp3) is 0.125. The first-order valence-electron chi connectivity index (χ1n) is 7.74. The fourth-order valence-corrected chi connectivity index (χ4v) is 2.81. The van der Waals surface area contributed by atoms with Gasteiger partial charge in [0.2, 0.25) is 5.82 Å². The van der Waals surface area contributed by atoms with Crippen molar-refractivity contribution in [3.63, 3.8) is 0 Å². The Kier molecular flexibility index (Phi) is 4.05. The average molecular weight is 369 g/mol. The number of nitrogens with two attached hydrogens (primary N) is 1. The smallest absolute Gasteiger partial charge is 0.274 e. The van der Waals surface area contributed by atoms with E-state index in [9.17, 15) is 4.79 Å². The molecule has 0 saturated heterocycles. The number of anilines is 1. The number of benzene rings is 1. The molecule has 1 aliphatic rings. The predicted octanol–water partition coefficient (Wildman–Crippen LogP) is 1.35. The van der Waals surface area contributed by atoms with Crippen LogP contribution in [0.3, 0.4) is 0 Å². The Hall–Kier alpha value is -3.33. The van der Waals surface area contributed by atoms with E-state index in [2.05, 4.69) is 30.5 Å². The summed E-state index contributed by atoms with van der Waals surface area (Å²) in [5.74, 6) is -0.382. The highest BCUT2D eigenvalue weighted by Gasteiger charge is 2.20. The summed E-state index contributed by atoms with van der Waals surface area (Å²) in [6, 6.07) is 7.84. The molecule has 0 fully saturated rings. The molecule has 4 rings (SSSR count). The molecule has 0 saturated carbocycles. The van der Waals surface area contributed by atoms with Gasteiger partial charge in [-0.25, -0.2) is 9.97 Å². The van der Waals surface area contributed by atoms with Crippen LogP contribution in [0.2, 0.25) is 5.15 Å². The summed E-state index contributed by atoms with van der Waals surface area (Å²) in [6.07, 6.45) is 3.63. The van der Waals surface area contributed by atoms with Crippen LogP contribution in [-0.4, -0.2) is 43.1 Å². The zero-order chi connectivity index (χ0) is 18.1. The number of nitrogens with one attached hydrogen (secondary N) is 1. The lowest BCUT2D eigenvalue weighted by atomic mass is 10.1. The first kappa shape index (κ1) is 16.2. The molecule has 10 heteroatoms. The second-order valence-electron chi connectivity index (χ2n) is 5.56. The van der Waals surface area contributed by atoms with Crippen LogP contribution in [0.5, 0.6) is 0 Å². The first-order valence-corrected chi connectivity index (χ1v) is 8.12. The molecule has 9 nitrogen and oxygen atoms in total. The lowest BCUT2D eigenvalue weighted by Gasteiger charge is -2.08. The van der Waals surface area contributed by atoms with Gasteiger partial charge < -0.3 is 11.1 Å². The maximum absolute atomic E-state index is 12.4. The van der Waals surface area contributed by atoms with E-state index < -0.39 is 5.91 Å². The maximum atomic E-state index is 12.4. The third kappa shape index (κ3) is 3.00. The number of nitrogen functional groups attached to an aromatic ring is 1. The van der Waals surface area contributed by atoms with Gasteiger partial charge >= 0.3 is 0 Å². The van der Waals surface area contributed by atoms with Gasteiger partial charge in [-0.15, -0.1) is 4.80 Å². The fourth-order valence-electron chi connectivity index (χ4n) is 2.61. The van der Waals surface area contributed by atoms with Crippen molar-refractivity contribution < 1.29 is 4.79 Å². The number of aromatic nitrogens is 5. The van der Waals surface area contributed by atoms with Crippen LogP contribution in [0.1, 0.15) is 16.1 Å². The molecule has 26 heavy (non-hydrogen) atoms. The molecule has 0 radical (unpaired) electrons. The third-order valence-electron chi connectivity index (χ3n) is 3.80. The summed E-state index contributed by atoms with van der Waals surface area (Å²) in [5.41, 5.74) is 8.72. The van der Waals surface area contributed by atoms with E-state index >= 15 is 0 Å². The molecule has 130 valence electrons. The molecule has 3 N–H and O–H groups in total. The Labute approximate surface area is 152 Å². The van der Waals surface area contributed by atoms with E-state index in [0.29, 0.717) is 6.42 Å². The van der Waals surface area contributed by atoms with Crippen LogP contribution in [0.25, 0.3) is 5.82 Å². The number of para-hydroxylation sites is 1. The van der Waals surface area contributed by atoms with Crippen LogP contribution < -0.4 is 11.1 Å². The van der Waals surface area contributed by atoms with Crippen molar-refractivity contribution in [2.45, 2.75) is 6.42 Å². The van der Waals surface area contributed by atoms with Crippen LogP contribution in [0.15, 0.2) is 41.7 Å². The number of rotatable bonds is 4. The number of fused-ring (bicyclic) bond motifs is 1. The second kappa shape index (κ2) is 6.52. The lowest BCUT2D eigenvalue weighted by molar-refractivity contribution is 0.0955. The molecule has 3 heterocycles. The van der Waals surface area contributed by atoms with Crippen LogP contribution in [0, 0.1) is 0 Å². The van der Waals surface area contributed by atoms with Crippen molar-refractivity contribution in [2.75, 3.05) is 12.3 Å². The summed E-state index contributed by atoms with van der Waals surface area (Å²) in [7, 11) is 0. The monoisotopic (exact) mass is 368 g/mol. The van der Waals surface area contributed by atoms with Gasteiger partial charge in [0.05, 0.1) is 24.6 Å². The van der Waals surface area contributed by atoms with Crippen LogP contribution in [0.4, 0.5) is 11.5 Å². The van der Waals surface area contributed by atoms with Crippen molar-refractivity contribution in [3.05, 3.63) is 53.1 Å². The summed E-state index contributed by atoms with van der Waals surface area (Å²) in [4.78, 5) is 26.2. The number of amides is 1. The normalized spacial score (nSPS) is 12.6. The van der Waals surface area contributed by atoms with Crippen molar-refractivity contribution in [2.24, 2.45) is 4.99 Å². The number of aliphatic imine (C=N–C) groups is 1. The van der Waals surface area contributed by atoms with Crippen LogP contribution >= 0.6 is 11.6 Å². The summed E-state index contributed by atoms with van der Waals surface area (Å²) < 4.78 is 0. The Morgan fingerprint density at radius 3 is 2.77 bits per heavy atom. The highest BCUT2D eigenvalue weighted by molar-refractivity contribution is 6.31. The van der Waals surface area contributed by atoms with Crippen molar-refractivity contribution in [1.82, 2.24) is 30.3 Å². The number of carbonyl (C=O) groups is 1. The standard InChI is InChI=1S/C16H13ClN8O/c17-13-15(25-20-5-6-21-25)24-14(18)12(23-13)16(26)19-8-10-7-9-3-1-2-4-11(9)22-10/h1-6H,7-8H2,(H2,18,24)(H,19,26). The second-order valence-corrected chi connectivity index (χ2v) is 5.91. The summed E-state index contributed by atoms with van der Waals surface area (Å²) >= 11 is 6.09. The molecule has 0 unspecified atom stereocenters. The minimum atomic E-state index is -0.476. The highest BCUT2D eigenvalue weighted by atomic mass is 35.5. The van der Waals surface area contributed by atoms with Crippen LogP contribution in [-0.2, 0) is 6.42 Å². The number of nitrogens with zero attached hydrogens (tertiary/aromatic N) is 6. The SMILES string of the molecule is Nc1nc(-n2nccn2)c(Cl)nc1C(=O)NCC1=Nc2ccccc2C1. The average Bonchev–Trinajstić information content (AvgIpc) is 3.30. The Morgan fingerprint density at radius 2 is 2.00 bits per heavy atom. The first-order chi connectivity index (χ1) is 12.6. The van der Waals surface area contributed by atoms with E-state index in [1.54, 1.807) is 0 Å². The van der Waals surface area contributed by atoms with Gasteiger partial charge in [0.1, 0.15) is 0 Å². The molecule has 0 aliphatic carbocycles. The van der Waals surface area contributed by atoms with Crippen molar-refractivity contribution in [1.29, 1.82) is 0 Å². The Bertz CT molecular complexity index is 1020. The molecule has 3 aromatic rings. The quantitative estimate of drug-likeness (QED) is 0.716. The number of halogens is 1. The van der Waals surface area contributed by atoms with Gasteiger partial charge in [-0.3, -0.25) is 9.79 Å². The van der Waals surface area contributed by atoms with Gasteiger partial charge in [-0.05, 0) is 11.6 Å². The third-order valence-corrected chi connectivity index (χ3v) is 4.06. The molecular weight excluding hydrogens is 356 g/mol. The molecule has 0 bridgehead atoms. The van der Waals surface area contributed by atoms with E-state index in [1.165, 1.54) is 17.2 Å². The van der Waals surface area contributed by atoms with E-state index in [4.69, 9.17) is 17.3 Å². The number of hydrogen-bond acceptors (Lipinski definition) is 7. The molecule has 2 aromatic heterocycles. The van der Waals surface area contributed by atoms with Crippen molar-refractivity contribution >= 4 is 34.7 Å². The minimum Gasteiger partial charge on any atom is -0.382 e. The zero-order valence-electron chi connectivity index (χ0n) is 13.4. The van der Waals surface area contributed by atoms with Gasteiger partial charge in [-0.1, -0.05) is 29.8 Å². The summed E-state index contributed by atoms with van der Waals surface area (Å²) in [5, 5.41) is 10.6. The minimum absolute atomic E-state index is 0.0221. The molecule has 0 spiro atoms. The van der Waals surface area contributed by atoms with Crippen molar-refractivity contribution in [3.8, 4) is 5.82 Å². The van der Waals surface area contributed by atoms with E-state index in [0.717, 1.165) is 17.0 Å². The van der Waals surface area contributed by atoms with E-state index in [1.807, 2.05) is 24.3 Å².